The molecule has 102 valence electrons. The maximum atomic E-state index is 11.9. The van der Waals surface area contributed by atoms with Crippen LogP contribution >= 0.6 is 11.3 Å². The molecule has 1 aromatic heterocycles. The Morgan fingerprint density at radius 1 is 1.15 bits per heavy atom. The van der Waals surface area contributed by atoms with E-state index in [0.29, 0.717) is 12.1 Å². The van der Waals surface area contributed by atoms with Gasteiger partial charge >= 0.3 is 0 Å². The molecule has 0 spiro atoms. The van der Waals surface area contributed by atoms with Crippen LogP contribution in [0.1, 0.15) is 23.6 Å². The van der Waals surface area contributed by atoms with Gasteiger partial charge in [-0.2, -0.15) is 0 Å². The second kappa shape index (κ2) is 5.51. The highest BCUT2D eigenvalue weighted by Crippen LogP contribution is 2.34. The Bertz CT molecular complexity index is 646. The van der Waals surface area contributed by atoms with Crippen molar-refractivity contribution in [2.24, 2.45) is 0 Å². The number of ketones is 1. The molecule has 1 aliphatic carbocycles. The van der Waals surface area contributed by atoms with E-state index in [1.807, 2.05) is 30.3 Å². The highest BCUT2D eigenvalue weighted by molar-refractivity contribution is 7.10. The third kappa shape index (κ3) is 2.75. The summed E-state index contributed by atoms with van der Waals surface area (Å²) in [5.41, 5.74) is 8.42. The van der Waals surface area contributed by atoms with Crippen LogP contribution in [0.2, 0.25) is 0 Å². The number of rotatable bonds is 3. The van der Waals surface area contributed by atoms with E-state index >= 15 is 0 Å². The Labute approximate surface area is 122 Å². The average molecular weight is 284 g/mol. The largest absolute Gasteiger partial charge is 0.397 e. The Morgan fingerprint density at radius 2 is 2.00 bits per heavy atom. The van der Waals surface area contributed by atoms with Gasteiger partial charge in [-0.3, -0.25) is 4.79 Å². The SMILES string of the molecule is Nc1ccccc1NC1=CC(=O)C[C@@H](c2cccs2)C1. The molecule has 1 heterocycles. The lowest BCUT2D eigenvalue weighted by molar-refractivity contribution is -0.115. The minimum Gasteiger partial charge on any atom is -0.397 e. The molecule has 20 heavy (non-hydrogen) atoms. The average Bonchev–Trinajstić information content (AvgIpc) is 2.95. The van der Waals surface area contributed by atoms with E-state index in [2.05, 4.69) is 16.8 Å². The number of thiophene rings is 1. The summed E-state index contributed by atoms with van der Waals surface area (Å²) < 4.78 is 0. The number of carbonyl (C=O) groups excluding carboxylic acids is 1. The van der Waals surface area contributed by atoms with E-state index in [9.17, 15) is 4.79 Å². The van der Waals surface area contributed by atoms with Crippen LogP contribution in [0.3, 0.4) is 0 Å². The number of allylic oxidation sites excluding steroid dienone is 2. The van der Waals surface area contributed by atoms with E-state index < -0.39 is 0 Å². The second-order valence-corrected chi connectivity index (χ2v) is 5.95. The molecule has 1 aliphatic rings. The molecule has 0 radical (unpaired) electrons. The van der Waals surface area contributed by atoms with Crippen LogP contribution in [0.25, 0.3) is 0 Å². The molecule has 0 unspecified atom stereocenters. The van der Waals surface area contributed by atoms with Gasteiger partial charge in [-0.25, -0.2) is 0 Å². The summed E-state index contributed by atoms with van der Waals surface area (Å²) in [6.45, 7) is 0. The van der Waals surface area contributed by atoms with Crippen LogP contribution in [0.5, 0.6) is 0 Å². The maximum absolute atomic E-state index is 11.9. The number of nitrogens with two attached hydrogens (primary N) is 1. The number of para-hydroxylation sites is 2. The van der Waals surface area contributed by atoms with Crippen molar-refractivity contribution in [3.8, 4) is 0 Å². The number of hydrogen-bond acceptors (Lipinski definition) is 4. The van der Waals surface area contributed by atoms with Crippen LogP contribution < -0.4 is 11.1 Å². The lowest BCUT2D eigenvalue weighted by atomic mass is 9.90. The van der Waals surface area contributed by atoms with Crippen molar-refractivity contribution in [1.29, 1.82) is 0 Å². The molecule has 0 aliphatic heterocycles. The fourth-order valence-electron chi connectivity index (χ4n) is 2.49. The molecule has 1 atom stereocenters. The van der Waals surface area contributed by atoms with Crippen molar-refractivity contribution < 1.29 is 4.79 Å². The number of nitrogens with one attached hydrogen (secondary N) is 1. The van der Waals surface area contributed by atoms with Crippen LogP contribution in [0, 0.1) is 0 Å². The third-order valence-electron chi connectivity index (χ3n) is 3.45. The zero-order valence-corrected chi connectivity index (χ0v) is 11.8. The molecule has 0 saturated carbocycles. The first kappa shape index (κ1) is 12.9. The van der Waals surface area contributed by atoms with Gasteiger partial charge in [-0.1, -0.05) is 18.2 Å². The molecule has 1 aromatic carbocycles. The predicted octanol–water partition coefficient (Wildman–Crippen LogP) is 3.77. The molecule has 0 amide bonds. The van der Waals surface area contributed by atoms with Crippen LogP contribution in [-0.2, 0) is 4.79 Å². The molecule has 0 fully saturated rings. The number of carbonyl (C=O) groups is 1. The molecule has 0 saturated heterocycles. The highest BCUT2D eigenvalue weighted by Gasteiger charge is 2.23. The number of anilines is 2. The lowest BCUT2D eigenvalue weighted by Gasteiger charge is -2.22. The van der Waals surface area contributed by atoms with Gasteiger partial charge in [0.05, 0.1) is 11.4 Å². The second-order valence-electron chi connectivity index (χ2n) is 4.97. The van der Waals surface area contributed by atoms with Crippen LogP contribution in [0.4, 0.5) is 11.4 Å². The monoisotopic (exact) mass is 284 g/mol. The molecular formula is C16H16N2OS. The lowest BCUT2D eigenvalue weighted by Crippen LogP contribution is -2.16. The van der Waals surface area contributed by atoms with Crippen molar-refractivity contribution in [3.05, 3.63) is 58.4 Å². The summed E-state index contributed by atoms with van der Waals surface area (Å²) in [4.78, 5) is 13.2. The zero-order valence-electron chi connectivity index (χ0n) is 11.0. The normalized spacial score (nSPS) is 18.7. The summed E-state index contributed by atoms with van der Waals surface area (Å²) in [5, 5.41) is 5.35. The van der Waals surface area contributed by atoms with E-state index in [0.717, 1.165) is 17.8 Å². The van der Waals surface area contributed by atoms with Crippen molar-refractivity contribution in [2.45, 2.75) is 18.8 Å². The zero-order chi connectivity index (χ0) is 13.9. The van der Waals surface area contributed by atoms with E-state index in [-0.39, 0.29) is 11.7 Å². The summed E-state index contributed by atoms with van der Waals surface area (Å²) in [5.74, 6) is 0.451. The van der Waals surface area contributed by atoms with Gasteiger partial charge in [0.25, 0.3) is 0 Å². The maximum Gasteiger partial charge on any atom is 0.158 e. The van der Waals surface area contributed by atoms with Gasteiger partial charge in [0.15, 0.2) is 5.78 Å². The first-order valence-electron chi connectivity index (χ1n) is 6.60. The quantitative estimate of drug-likeness (QED) is 0.843. The Morgan fingerprint density at radius 3 is 2.75 bits per heavy atom. The van der Waals surface area contributed by atoms with Gasteiger partial charge in [0, 0.05) is 29.0 Å². The highest BCUT2D eigenvalue weighted by atomic mass is 32.1. The van der Waals surface area contributed by atoms with Crippen molar-refractivity contribution >= 4 is 28.5 Å². The fourth-order valence-corrected chi connectivity index (χ4v) is 3.32. The smallest absolute Gasteiger partial charge is 0.158 e. The molecule has 2 aromatic rings. The first-order chi connectivity index (χ1) is 9.72. The number of hydrogen-bond donors (Lipinski definition) is 2. The van der Waals surface area contributed by atoms with Crippen molar-refractivity contribution in [1.82, 2.24) is 0 Å². The summed E-state index contributed by atoms with van der Waals surface area (Å²) in [6.07, 6.45) is 3.15. The standard InChI is InChI=1S/C16H16N2OS/c17-14-4-1-2-5-15(14)18-12-8-11(9-13(19)10-12)16-6-3-7-20-16/h1-7,10-11,18H,8-9,17H2/t11-/m0/s1. The Kier molecular flexibility index (Phi) is 3.56. The molecule has 0 bridgehead atoms. The number of nitrogen functional groups attached to an aromatic ring is 1. The molecule has 3 nitrogen and oxygen atoms in total. The molecule has 4 heteroatoms. The molecule has 3 rings (SSSR count). The molecular weight excluding hydrogens is 268 g/mol. The Balaban J connectivity index is 1.80. The van der Waals surface area contributed by atoms with Crippen LogP contribution in [-0.4, -0.2) is 5.78 Å². The van der Waals surface area contributed by atoms with Gasteiger partial charge in [-0.05, 0) is 30.0 Å². The van der Waals surface area contributed by atoms with Crippen molar-refractivity contribution in [3.63, 3.8) is 0 Å². The Hall–Kier alpha value is -2.07. The summed E-state index contributed by atoms with van der Waals surface area (Å²) in [6, 6.07) is 11.7. The van der Waals surface area contributed by atoms with E-state index in [1.165, 1.54) is 4.88 Å². The predicted molar refractivity (Wildman–Crippen MR) is 83.9 cm³/mol. The minimum atomic E-state index is 0.173. The van der Waals surface area contributed by atoms with Gasteiger partial charge in [-0.15, -0.1) is 11.3 Å². The van der Waals surface area contributed by atoms with Crippen LogP contribution in [0.15, 0.2) is 53.6 Å². The first-order valence-corrected chi connectivity index (χ1v) is 7.48. The topological polar surface area (TPSA) is 55.1 Å². The van der Waals surface area contributed by atoms with E-state index in [4.69, 9.17) is 5.73 Å². The fraction of sp³-hybridized carbons (Fsp3) is 0.188. The third-order valence-corrected chi connectivity index (χ3v) is 4.49. The van der Waals surface area contributed by atoms with Gasteiger partial charge in [0.2, 0.25) is 0 Å². The molecule has 3 N–H and O–H groups in total. The van der Waals surface area contributed by atoms with Gasteiger partial charge < -0.3 is 11.1 Å². The summed E-state index contributed by atoms with van der Waals surface area (Å²) >= 11 is 1.71. The van der Waals surface area contributed by atoms with E-state index in [1.54, 1.807) is 17.4 Å². The summed E-state index contributed by atoms with van der Waals surface area (Å²) in [7, 11) is 0. The number of benzene rings is 1. The van der Waals surface area contributed by atoms with Gasteiger partial charge in [0.1, 0.15) is 0 Å². The minimum absolute atomic E-state index is 0.173. The van der Waals surface area contributed by atoms with Crippen molar-refractivity contribution in [2.75, 3.05) is 11.1 Å².